The van der Waals surface area contributed by atoms with Crippen molar-refractivity contribution < 1.29 is 55.1 Å². The molecule has 0 unspecified atom stereocenters. The van der Waals surface area contributed by atoms with E-state index < -0.39 is 0 Å². The van der Waals surface area contributed by atoms with Crippen LogP contribution in [0, 0.1) is 0 Å². The average Bonchev–Trinajstić information content (AvgIpc) is 0. The minimum atomic E-state index is 0. The van der Waals surface area contributed by atoms with Crippen LogP contribution in [0.4, 0.5) is 0 Å². The predicted molar refractivity (Wildman–Crippen MR) is 25.1 cm³/mol. The van der Waals surface area contributed by atoms with Gasteiger partial charge in [0.15, 0.2) is 0 Å². The molecule has 0 aromatic rings. The fourth-order valence-electron chi connectivity index (χ4n) is 0. The van der Waals surface area contributed by atoms with E-state index in [2.05, 4.69) is 0 Å². The summed E-state index contributed by atoms with van der Waals surface area (Å²) in [7, 11) is 0. The van der Waals surface area contributed by atoms with Crippen molar-refractivity contribution in [3.63, 3.8) is 0 Å². The van der Waals surface area contributed by atoms with Crippen LogP contribution in [0.3, 0.4) is 0 Å². The van der Waals surface area contributed by atoms with Crippen molar-refractivity contribution in [3.8, 4) is 0 Å². The van der Waals surface area contributed by atoms with Crippen molar-refractivity contribution in [2.75, 3.05) is 0 Å². The van der Waals surface area contributed by atoms with Gasteiger partial charge in [0.05, 0.1) is 0 Å². The largest absolute Gasteiger partial charge is 3.00 e. The van der Waals surface area contributed by atoms with E-state index in [9.17, 15) is 0 Å². The van der Waals surface area contributed by atoms with Gasteiger partial charge in [0.1, 0.15) is 0 Å². The van der Waals surface area contributed by atoms with Crippen LogP contribution >= 0.6 is 0 Å². The Morgan fingerprint density at radius 3 is 0.400 bits per heavy atom. The summed E-state index contributed by atoms with van der Waals surface area (Å²) < 4.78 is 0. The molecule has 0 aromatic heterocycles. The normalized spacial score (nSPS) is 0. The summed E-state index contributed by atoms with van der Waals surface area (Å²) in [5.41, 5.74) is 0. The van der Waals surface area contributed by atoms with Crippen LogP contribution < -0.4 is 0 Å². The van der Waals surface area contributed by atoms with Gasteiger partial charge in [-0.15, -0.1) is 0 Å². The minimum absolute atomic E-state index is 0. The molecule has 10 heteroatoms. The Bertz CT molecular complexity index is 13.6. The third-order valence-corrected chi connectivity index (χ3v) is 0. The van der Waals surface area contributed by atoms with Gasteiger partial charge in [0, 0.05) is 0 Å². The molecule has 0 aliphatic carbocycles. The first-order valence-corrected chi connectivity index (χ1v) is 0. The van der Waals surface area contributed by atoms with Gasteiger partial charge in [0.25, 0.3) is 0 Å². The maximum atomic E-state index is 0. The number of rotatable bonds is 0. The van der Waals surface area contributed by atoms with Crippen LogP contribution in [0.5, 0.6) is 0 Å². The van der Waals surface area contributed by atoms with Crippen molar-refractivity contribution in [1.82, 2.24) is 0 Å². The average molecular weight is 229 g/mol. The Morgan fingerprint density at radius 2 is 0.400 bits per heavy atom. The summed E-state index contributed by atoms with van der Waals surface area (Å²) >= 11 is 0. The topological polar surface area (TPSA) is 210 Å². The molecule has 0 spiro atoms. The Balaban J connectivity index is 0. The second-order valence-electron chi connectivity index (χ2n) is 0. The Morgan fingerprint density at radius 1 is 0.400 bits per heavy atom. The number of hydrogen-bond donors (Lipinski definition) is 0. The van der Waals surface area contributed by atoms with E-state index >= 15 is 0 Å². The second-order valence-corrected chi connectivity index (χ2v) is 0. The molecule has 0 aromatic carbocycles. The van der Waals surface area contributed by atoms with Gasteiger partial charge in [0.2, 0.25) is 0 Å². The van der Waals surface area contributed by atoms with Crippen molar-refractivity contribution in [1.29, 1.82) is 0 Å². The van der Waals surface area contributed by atoms with Crippen LogP contribution in [0.2, 0.25) is 0 Å². The summed E-state index contributed by atoms with van der Waals surface area (Å²) in [5, 5.41) is 0. The number of hydrogen-bond acceptors (Lipinski definition) is 7. The van der Waals surface area contributed by atoms with Crippen LogP contribution in [-0.2, 0) is 16.8 Å². The Hall–Kier alpha value is 1.53. The van der Waals surface area contributed by atoms with Crippen molar-refractivity contribution in [2.45, 2.75) is 0 Å². The van der Waals surface area contributed by atoms with Gasteiger partial charge in [-0.05, 0) is 0 Å². The molecule has 0 atom stereocenters. The first-order chi connectivity index (χ1) is 0. The molecule has 0 rings (SSSR count). The summed E-state index contributed by atoms with van der Waals surface area (Å²) in [6, 6.07) is 0. The monoisotopic (exact) mass is 229 g/mol. The zero-order valence-electron chi connectivity index (χ0n) is 4.75. The van der Waals surface area contributed by atoms with Crippen LogP contribution in [0.1, 0.15) is 0 Å². The molecular weight excluding hydrogens is 222 g/mol. The van der Waals surface area contributed by atoms with E-state index in [1.54, 1.807) is 0 Å². The first-order valence-electron chi connectivity index (χ1n) is 0. The van der Waals surface area contributed by atoms with Gasteiger partial charge in [-0.2, -0.15) is 0 Å². The SMILES string of the molecule is [Al+3].[Co+2].[Mg+2].[OH-].[OH-].[OH-].[OH-].[OH-].[OH-].[OH-]. The maximum absolute atomic E-state index is 0. The zero-order valence-corrected chi connectivity index (χ0v) is 8.36. The van der Waals surface area contributed by atoms with Crippen LogP contribution in [0.15, 0.2) is 0 Å². The smallest absolute Gasteiger partial charge is 0.870 e. The molecular formula is H7AlCoMgO7. The Kier molecular flexibility index (Phi) is 22500. The molecule has 7 N–H and O–H groups in total. The van der Waals surface area contributed by atoms with Crippen LogP contribution in [-0.4, -0.2) is 78.7 Å². The summed E-state index contributed by atoms with van der Waals surface area (Å²) in [5.74, 6) is 0. The first kappa shape index (κ1) is 549. The Labute approximate surface area is 95.2 Å². The molecule has 0 heterocycles. The maximum Gasteiger partial charge on any atom is 3.00 e. The standard InChI is InChI=1S/Al.Co.Mg.7H2O/h;;;7*1H2/q+3;2*+2;;;;;;;/p-7. The van der Waals surface area contributed by atoms with Gasteiger partial charge in [-0.3, -0.25) is 0 Å². The van der Waals surface area contributed by atoms with Gasteiger partial charge >= 0.3 is 57.2 Å². The quantitative estimate of drug-likeness (QED) is 0.425. The zero-order chi connectivity index (χ0) is 0. The summed E-state index contributed by atoms with van der Waals surface area (Å²) in [6.07, 6.45) is 0. The van der Waals surface area contributed by atoms with E-state index in [1.165, 1.54) is 0 Å². The molecule has 7 nitrogen and oxygen atoms in total. The molecule has 0 fully saturated rings. The third kappa shape index (κ3) is 298. The molecule has 1 radical (unpaired) electrons. The van der Waals surface area contributed by atoms with Crippen molar-refractivity contribution >= 4 is 40.4 Å². The van der Waals surface area contributed by atoms with E-state index in [0.29, 0.717) is 0 Å². The molecule has 0 amide bonds. The molecule has 0 bridgehead atoms. The van der Waals surface area contributed by atoms with Gasteiger partial charge in [-0.25, -0.2) is 0 Å². The van der Waals surface area contributed by atoms with Crippen molar-refractivity contribution in [3.05, 3.63) is 0 Å². The van der Waals surface area contributed by atoms with E-state index in [1.807, 2.05) is 0 Å². The molecule has 63 valence electrons. The fraction of sp³-hybridized carbons (Fsp3) is 0. The minimum Gasteiger partial charge on any atom is -0.870 e. The predicted octanol–water partition coefficient (Wildman–Crippen LogP) is -2.00. The molecule has 0 aliphatic heterocycles. The third-order valence-electron chi connectivity index (χ3n) is 0. The molecule has 10 heavy (non-hydrogen) atoms. The van der Waals surface area contributed by atoms with Gasteiger partial charge in [-0.1, -0.05) is 0 Å². The summed E-state index contributed by atoms with van der Waals surface area (Å²) in [6.45, 7) is 0. The van der Waals surface area contributed by atoms with E-state index in [-0.39, 0.29) is 95.5 Å². The van der Waals surface area contributed by atoms with E-state index in [4.69, 9.17) is 0 Å². The van der Waals surface area contributed by atoms with Crippen molar-refractivity contribution in [2.24, 2.45) is 0 Å². The molecule has 0 aliphatic rings. The molecule has 0 saturated heterocycles. The fourth-order valence-corrected chi connectivity index (χ4v) is 0. The molecule has 0 saturated carbocycles. The van der Waals surface area contributed by atoms with E-state index in [0.717, 1.165) is 0 Å². The van der Waals surface area contributed by atoms with Crippen LogP contribution in [0.25, 0.3) is 0 Å². The summed E-state index contributed by atoms with van der Waals surface area (Å²) in [4.78, 5) is 0. The van der Waals surface area contributed by atoms with Gasteiger partial charge < -0.3 is 38.3 Å². The second kappa shape index (κ2) is 411.